The van der Waals surface area contributed by atoms with Crippen LogP contribution in [0.15, 0.2) is 30.3 Å². The zero-order chi connectivity index (χ0) is 13.2. The summed E-state index contributed by atoms with van der Waals surface area (Å²) in [6, 6.07) is 9.94. The molecule has 100 valence electrons. The molecule has 0 fully saturated rings. The van der Waals surface area contributed by atoms with Crippen molar-refractivity contribution in [3.63, 3.8) is 0 Å². The van der Waals surface area contributed by atoms with E-state index in [1.54, 1.807) is 7.11 Å². The molecule has 0 amide bonds. The number of ether oxygens (including phenoxy) is 1. The average molecular weight is 251 g/mol. The highest BCUT2D eigenvalue weighted by Crippen LogP contribution is 2.05. The summed E-state index contributed by atoms with van der Waals surface area (Å²) < 4.78 is 4.99. The van der Waals surface area contributed by atoms with Crippen molar-refractivity contribution in [2.24, 2.45) is 0 Å². The van der Waals surface area contributed by atoms with E-state index in [1.165, 1.54) is 0 Å². The van der Waals surface area contributed by atoms with Crippen LogP contribution >= 0.6 is 0 Å². The molecule has 4 nitrogen and oxygen atoms in total. The third-order valence-corrected chi connectivity index (χ3v) is 2.68. The summed E-state index contributed by atoms with van der Waals surface area (Å²) in [5.74, 6) is -0.780. The highest BCUT2D eigenvalue weighted by molar-refractivity contribution is 5.69. The molecule has 0 heterocycles. The maximum Gasteiger partial charge on any atom is 0.317 e. The Balaban J connectivity index is 2.42. The van der Waals surface area contributed by atoms with E-state index >= 15 is 0 Å². The normalized spacial score (nSPS) is 10.8. The van der Waals surface area contributed by atoms with Crippen molar-refractivity contribution in [1.82, 2.24) is 4.90 Å². The van der Waals surface area contributed by atoms with E-state index < -0.39 is 5.97 Å². The number of nitrogens with zero attached hydrogens (tertiary/aromatic N) is 1. The maximum absolute atomic E-state index is 10.8. The predicted molar refractivity (Wildman–Crippen MR) is 70.5 cm³/mol. The zero-order valence-corrected chi connectivity index (χ0v) is 10.8. The number of methoxy groups -OCH3 is 1. The Labute approximate surface area is 108 Å². The molecule has 0 aliphatic rings. The van der Waals surface area contributed by atoms with Crippen LogP contribution in [0, 0.1) is 0 Å². The van der Waals surface area contributed by atoms with E-state index in [0.717, 1.165) is 31.6 Å². The summed E-state index contributed by atoms with van der Waals surface area (Å²) in [5.41, 5.74) is 1.14. The molecular formula is C14H21NO3. The van der Waals surface area contributed by atoms with Crippen molar-refractivity contribution in [1.29, 1.82) is 0 Å². The molecule has 4 heteroatoms. The molecule has 0 spiro atoms. The lowest BCUT2D eigenvalue weighted by Crippen LogP contribution is -2.30. The second-order valence-electron chi connectivity index (χ2n) is 4.29. The second-order valence-corrected chi connectivity index (χ2v) is 4.29. The van der Waals surface area contributed by atoms with Crippen LogP contribution in [0.1, 0.15) is 18.4 Å². The van der Waals surface area contributed by atoms with Crippen molar-refractivity contribution in [3.8, 4) is 0 Å². The van der Waals surface area contributed by atoms with Gasteiger partial charge in [0.05, 0.1) is 6.54 Å². The molecule has 0 bridgehead atoms. The number of rotatable bonds is 9. The van der Waals surface area contributed by atoms with Gasteiger partial charge in [0.1, 0.15) is 0 Å². The summed E-state index contributed by atoms with van der Waals surface area (Å²) in [4.78, 5) is 12.8. The largest absolute Gasteiger partial charge is 0.480 e. The van der Waals surface area contributed by atoms with Crippen LogP contribution < -0.4 is 0 Å². The number of hydrogen-bond acceptors (Lipinski definition) is 3. The Bertz CT molecular complexity index is 340. The first-order chi connectivity index (χ1) is 8.72. The molecule has 1 aromatic carbocycles. The molecule has 0 atom stereocenters. The molecule has 0 saturated carbocycles. The van der Waals surface area contributed by atoms with E-state index in [0.29, 0.717) is 6.54 Å². The number of benzene rings is 1. The summed E-state index contributed by atoms with van der Waals surface area (Å²) in [5, 5.41) is 8.90. The molecule has 0 radical (unpaired) electrons. The van der Waals surface area contributed by atoms with Gasteiger partial charge in [-0.25, -0.2) is 0 Å². The van der Waals surface area contributed by atoms with Gasteiger partial charge < -0.3 is 9.84 Å². The third kappa shape index (κ3) is 6.37. The summed E-state index contributed by atoms with van der Waals surface area (Å²) in [6.45, 7) is 2.28. The van der Waals surface area contributed by atoms with Gasteiger partial charge in [-0.15, -0.1) is 0 Å². The predicted octanol–water partition coefficient (Wildman–Crippen LogP) is 2.00. The van der Waals surface area contributed by atoms with Crippen LogP contribution in [0.5, 0.6) is 0 Å². The van der Waals surface area contributed by atoms with Gasteiger partial charge in [0.25, 0.3) is 0 Å². The van der Waals surface area contributed by atoms with Crippen molar-refractivity contribution in [2.75, 3.05) is 26.8 Å². The molecule has 1 rings (SSSR count). The van der Waals surface area contributed by atoms with E-state index in [2.05, 4.69) is 0 Å². The monoisotopic (exact) mass is 251 g/mol. The first-order valence-electron chi connectivity index (χ1n) is 6.19. The summed E-state index contributed by atoms with van der Waals surface area (Å²) in [6.07, 6.45) is 1.91. The minimum atomic E-state index is -0.780. The molecule has 0 unspecified atom stereocenters. The number of carboxylic acids is 1. The Morgan fingerprint density at radius 3 is 2.61 bits per heavy atom. The molecule has 0 aromatic heterocycles. The minimum Gasteiger partial charge on any atom is -0.480 e. The van der Waals surface area contributed by atoms with Crippen molar-refractivity contribution in [2.45, 2.75) is 19.4 Å². The Morgan fingerprint density at radius 1 is 1.28 bits per heavy atom. The molecule has 18 heavy (non-hydrogen) atoms. The number of carboxylic acid groups (broad SMARTS) is 1. The van der Waals surface area contributed by atoms with E-state index in [1.807, 2.05) is 35.2 Å². The van der Waals surface area contributed by atoms with Gasteiger partial charge in [-0.1, -0.05) is 30.3 Å². The van der Waals surface area contributed by atoms with E-state index in [-0.39, 0.29) is 6.54 Å². The fourth-order valence-corrected chi connectivity index (χ4v) is 1.83. The van der Waals surface area contributed by atoms with E-state index in [9.17, 15) is 4.79 Å². The number of unbranched alkanes of at least 4 members (excludes halogenated alkanes) is 1. The van der Waals surface area contributed by atoms with Crippen LogP contribution in [-0.2, 0) is 16.1 Å². The molecule has 1 aromatic rings. The average Bonchev–Trinajstić information content (AvgIpc) is 2.35. The lowest BCUT2D eigenvalue weighted by atomic mass is 10.2. The topological polar surface area (TPSA) is 49.8 Å². The minimum absolute atomic E-state index is 0.0852. The van der Waals surface area contributed by atoms with Crippen molar-refractivity contribution in [3.05, 3.63) is 35.9 Å². The van der Waals surface area contributed by atoms with Crippen LogP contribution in [0.25, 0.3) is 0 Å². The Hall–Kier alpha value is -1.39. The summed E-state index contributed by atoms with van der Waals surface area (Å²) in [7, 11) is 1.68. The smallest absolute Gasteiger partial charge is 0.317 e. The van der Waals surface area contributed by atoms with Gasteiger partial charge in [-0.2, -0.15) is 0 Å². The molecule has 0 aliphatic heterocycles. The van der Waals surface area contributed by atoms with Crippen LogP contribution in [0.2, 0.25) is 0 Å². The first kappa shape index (κ1) is 14.7. The fourth-order valence-electron chi connectivity index (χ4n) is 1.83. The van der Waals surface area contributed by atoms with Crippen LogP contribution in [-0.4, -0.2) is 42.8 Å². The zero-order valence-electron chi connectivity index (χ0n) is 10.8. The highest BCUT2D eigenvalue weighted by atomic mass is 16.5. The van der Waals surface area contributed by atoms with Crippen molar-refractivity contribution < 1.29 is 14.6 Å². The SMILES string of the molecule is COCCCCN(CC(=O)O)Cc1ccccc1. The highest BCUT2D eigenvalue weighted by Gasteiger charge is 2.09. The van der Waals surface area contributed by atoms with Gasteiger partial charge in [0.15, 0.2) is 0 Å². The molecule has 0 saturated heterocycles. The maximum atomic E-state index is 10.8. The standard InChI is InChI=1S/C14H21NO3/c1-18-10-6-5-9-15(12-14(16)17)11-13-7-3-2-4-8-13/h2-4,7-8H,5-6,9-12H2,1H3,(H,16,17). The van der Waals surface area contributed by atoms with Gasteiger partial charge >= 0.3 is 5.97 Å². The van der Waals surface area contributed by atoms with Gasteiger partial charge in [-0.05, 0) is 24.9 Å². The number of carbonyl (C=O) groups is 1. The molecular weight excluding hydrogens is 230 g/mol. The number of aliphatic carboxylic acids is 1. The second kappa shape index (κ2) is 8.66. The van der Waals surface area contributed by atoms with Gasteiger partial charge in [-0.3, -0.25) is 9.69 Å². The lowest BCUT2D eigenvalue weighted by Gasteiger charge is -2.20. The van der Waals surface area contributed by atoms with Crippen molar-refractivity contribution >= 4 is 5.97 Å². The van der Waals surface area contributed by atoms with Gasteiger partial charge in [0, 0.05) is 20.3 Å². The fraction of sp³-hybridized carbons (Fsp3) is 0.500. The molecule has 0 aliphatic carbocycles. The van der Waals surface area contributed by atoms with E-state index in [4.69, 9.17) is 9.84 Å². The Kier molecular flexibility index (Phi) is 7.06. The summed E-state index contributed by atoms with van der Waals surface area (Å²) >= 11 is 0. The first-order valence-corrected chi connectivity index (χ1v) is 6.19. The molecule has 1 N–H and O–H groups in total. The van der Waals surface area contributed by atoms with Gasteiger partial charge in [0.2, 0.25) is 0 Å². The number of hydrogen-bond donors (Lipinski definition) is 1. The van der Waals surface area contributed by atoms with Crippen LogP contribution in [0.3, 0.4) is 0 Å². The quantitative estimate of drug-likeness (QED) is 0.682. The Morgan fingerprint density at radius 2 is 2.00 bits per heavy atom. The van der Waals surface area contributed by atoms with Crippen LogP contribution in [0.4, 0.5) is 0 Å². The lowest BCUT2D eigenvalue weighted by molar-refractivity contribution is -0.138. The third-order valence-electron chi connectivity index (χ3n) is 2.68.